The summed E-state index contributed by atoms with van der Waals surface area (Å²) in [7, 11) is 0. The van der Waals surface area contributed by atoms with Crippen molar-refractivity contribution in [3.63, 3.8) is 0 Å². The van der Waals surface area contributed by atoms with Crippen molar-refractivity contribution >= 4 is 23.3 Å². The fourth-order valence-corrected chi connectivity index (χ4v) is 2.41. The summed E-state index contributed by atoms with van der Waals surface area (Å²) in [6.45, 7) is 0. The molecule has 0 aliphatic rings. The van der Waals surface area contributed by atoms with Gasteiger partial charge >= 0.3 is 0 Å². The molecule has 0 unspecified atom stereocenters. The number of thioether (sulfide) groups is 1. The molecule has 5 nitrogen and oxygen atoms in total. The van der Waals surface area contributed by atoms with Crippen LogP contribution in [0.5, 0.6) is 0 Å². The Bertz CT molecular complexity index is 555. The maximum atomic E-state index is 10.5. The number of anilines is 1. The van der Waals surface area contributed by atoms with Gasteiger partial charge in [-0.1, -0.05) is 12.1 Å². The summed E-state index contributed by atoms with van der Waals surface area (Å²) in [5.41, 5.74) is 6.72. The lowest BCUT2D eigenvalue weighted by Crippen LogP contribution is -1.92. The van der Waals surface area contributed by atoms with Crippen LogP contribution in [0.15, 0.2) is 47.5 Å². The number of aromatic nitrogens is 1. The van der Waals surface area contributed by atoms with Crippen LogP contribution in [0.1, 0.15) is 5.56 Å². The molecule has 1 aromatic carbocycles. The third-order valence-corrected chi connectivity index (χ3v) is 3.55. The van der Waals surface area contributed by atoms with E-state index in [-0.39, 0.29) is 5.69 Å². The third kappa shape index (κ3) is 3.96. The van der Waals surface area contributed by atoms with Gasteiger partial charge in [-0.3, -0.25) is 10.1 Å². The molecule has 19 heavy (non-hydrogen) atoms. The van der Waals surface area contributed by atoms with Crippen molar-refractivity contribution in [3.05, 3.63) is 58.3 Å². The van der Waals surface area contributed by atoms with E-state index in [0.717, 1.165) is 22.6 Å². The van der Waals surface area contributed by atoms with E-state index in [2.05, 4.69) is 4.98 Å². The van der Waals surface area contributed by atoms with Crippen LogP contribution >= 0.6 is 11.8 Å². The zero-order valence-electron chi connectivity index (χ0n) is 10.2. The molecule has 2 N–H and O–H groups in total. The molecule has 0 aliphatic heterocycles. The van der Waals surface area contributed by atoms with Crippen molar-refractivity contribution in [1.82, 2.24) is 4.98 Å². The predicted molar refractivity (Wildman–Crippen MR) is 76.2 cm³/mol. The summed E-state index contributed by atoms with van der Waals surface area (Å²) < 4.78 is 0. The molecule has 6 heteroatoms. The number of nitrogens with two attached hydrogens (primary N) is 1. The fraction of sp³-hybridized carbons (Fsp3) is 0.154. The molecule has 0 saturated carbocycles. The van der Waals surface area contributed by atoms with Crippen LogP contribution in [0.2, 0.25) is 0 Å². The van der Waals surface area contributed by atoms with E-state index < -0.39 is 4.92 Å². The second-order valence-electron chi connectivity index (χ2n) is 3.94. The molecular formula is C13H13N3O2S. The molecule has 1 aromatic heterocycles. The summed E-state index contributed by atoms with van der Waals surface area (Å²) in [4.78, 5) is 15.2. The largest absolute Gasteiger partial charge is 0.384 e. The first-order valence-corrected chi connectivity index (χ1v) is 6.71. The Morgan fingerprint density at radius 1 is 1.21 bits per heavy atom. The number of nitrogens with zero attached hydrogens (tertiary/aromatic N) is 2. The lowest BCUT2D eigenvalue weighted by atomic mass is 10.1. The minimum absolute atomic E-state index is 0.124. The smallest absolute Gasteiger partial charge is 0.269 e. The number of nitrogen functional groups attached to an aromatic ring is 1. The normalized spacial score (nSPS) is 10.3. The molecule has 0 spiro atoms. The third-order valence-electron chi connectivity index (χ3n) is 2.57. The minimum Gasteiger partial charge on any atom is -0.384 e. The zero-order chi connectivity index (χ0) is 13.7. The summed E-state index contributed by atoms with van der Waals surface area (Å²) in [6, 6.07) is 10.4. The number of aryl methyl sites for hydroxylation is 1. The molecule has 0 bridgehead atoms. The van der Waals surface area contributed by atoms with Crippen LogP contribution < -0.4 is 5.73 Å². The number of benzene rings is 1. The van der Waals surface area contributed by atoms with Crippen LogP contribution in [0.4, 0.5) is 11.5 Å². The maximum absolute atomic E-state index is 10.5. The van der Waals surface area contributed by atoms with Gasteiger partial charge in [0.25, 0.3) is 5.69 Å². The predicted octanol–water partition coefficient (Wildman–Crippen LogP) is 2.91. The highest BCUT2D eigenvalue weighted by Gasteiger charge is 2.03. The molecule has 0 fully saturated rings. The second-order valence-corrected chi connectivity index (χ2v) is 5.11. The lowest BCUT2D eigenvalue weighted by molar-refractivity contribution is -0.384. The first-order chi connectivity index (χ1) is 9.15. The Labute approximate surface area is 115 Å². The summed E-state index contributed by atoms with van der Waals surface area (Å²) in [5.74, 6) is 1.41. The number of nitro benzene ring substituents is 1. The topological polar surface area (TPSA) is 82.0 Å². The average Bonchev–Trinajstić information content (AvgIpc) is 2.41. The number of nitro groups is 1. The first kappa shape index (κ1) is 13.4. The highest BCUT2D eigenvalue weighted by Crippen LogP contribution is 2.19. The van der Waals surface area contributed by atoms with Gasteiger partial charge in [0.2, 0.25) is 0 Å². The van der Waals surface area contributed by atoms with Crippen molar-refractivity contribution in [2.75, 3.05) is 11.5 Å². The van der Waals surface area contributed by atoms with E-state index in [0.29, 0.717) is 5.82 Å². The van der Waals surface area contributed by atoms with E-state index >= 15 is 0 Å². The fourth-order valence-electron chi connectivity index (χ4n) is 1.55. The SMILES string of the molecule is Nc1ccc(SCCc2ccc([N+](=O)[O-])cc2)cn1. The molecule has 0 radical (unpaired) electrons. The highest BCUT2D eigenvalue weighted by atomic mass is 32.2. The molecule has 0 saturated heterocycles. The Morgan fingerprint density at radius 3 is 2.53 bits per heavy atom. The van der Waals surface area contributed by atoms with E-state index in [1.165, 1.54) is 12.1 Å². The van der Waals surface area contributed by atoms with Crippen LogP contribution in [0.25, 0.3) is 0 Å². The van der Waals surface area contributed by atoms with Crippen molar-refractivity contribution in [2.24, 2.45) is 0 Å². The summed E-state index contributed by atoms with van der Waals surface area (Å²) in [5, 5.41) is 10.5. The van der Waals surface area contributed by atoms with Crippen molar-refractivity contribution in [2.45, 2.75) is 11.3 Å². The Hall–Kier alpha value is -2.08. The number of hydrogen-bond donors (Lipinski definition) is 1. The Balaban J connectivity index is 1.85. The number of pyridine rings is 1. The van der Waals surface area contributed by atoms with Gasteiger partial charge in [0.05, 0.1) is 4.92 Å². The molecular weight excluding hydrogens is 262 g/mol. The van der Waals surface area contributed by atoms with Gasteiger partial charge in [0.1, 0.15) is 5.82 Å². The van der Waals surface area contributed by atoms with Gasteiger partial charge < -0.3 is 5.73 Å². The van der Waals surface area contributed by atoms with Crippen LogP contribution in [-0.2, 0) is 6.42 Å². The lowest BCUT2D eigenvalue weighted by Gasteiger charge is -2.02. The Morgan fingerprint density at radius 2 is 1.95 bits per heavy atom. The first-order valence-electron chi connectivity index (χ1n) is 5.73. The van der Waals surface area contributed by atoms with Crippen molar-refractivity contribution < 1.29 is 4.92 Å². The standard InChI is InChI=1S/C13H13N3O2S/c14-13-6-5-12(9-15-13)19-8-7-10-1-3-11(4-2-10)16(17)18/h1-6,9H,7-8H2,(H2,14,15). The summed E-state index contributed by atoms with van der Waals surface area (Å²) >= 11 is 1.68. The number of non-ortho nitro benzene ring substituents is 1. The number of hydrogen-bond acceptors (Lipinski definition) is 5. The van der Waals surface area contributed by atoms with Crippen LogP contribution in [0.3, 0.4) is 0 Å². The van der Waals surface area contributed by atoms with Crippen molar-refractivity contribution in [3.8, 4) is 0 Å². The highest BCUT2D eigenvalue weighted by molar-refractivity contribution is 7.99. The molecule has 0 atom stereocenters. The summed E-state index contributed by atoms with van der Waals surface area (Å²) in [6.07, 6.45) is 2.60. The van der Waals surface area contributed by atoms with E-state index in [1.54, 1.807) is 36.2 Å². The molecule has 1 heterocycles. The quantitative estimate of drug-likeness (QED) is 0.515. The van der Waals surface area contributed by atoms with Gasteiger partial charge in [-0.25, -0.2) is 4.98 Å². The van der Waals surface area contributed by atoms with Gasteiger partial charge in [-0.2, -0.15) is 0 Å². The van der Waals surface area contributed by atoms with Gasteiger partial charge in [-0.15, -0.1) is 11.8 Å². The Kier molecular flexibility index (Phi) is 4.35. The van der Waals surface area contributed by atoms with E-state index in [4.69, 9.17) is 5.73 Å². The zero-order valence-corrected chi connectivity index (χ0v) is 11.0. The molecule has 98 valence electrons. The van der Waals surface area contributed by atoms with E-state index in [9.17, 15) is 10.1 Å². The monoisotopic (exact) mass is 275 g/mol. The van der Waals surface area contributed by atoms with E-state index in [1.807, 2.05) is 6.07 Å². The maximum Gasteiger partial charge on any atom is 0.269 e. The molecule has 2 aromatic rings. The minimum atomic E-state index is -0.390. The van der Waals surface area contributed by atoms with Gasteiger partial charge in [0, 0.05) is 29.0 Å². The van der Waals surface area contributed by atoms with Crippen molar-refractivity contribution in [1.29, 1.82) is 0 Å². The number of rotatable bonds is 5. The average molecular weight is 275 g/mol. The van der Waals surface area contributed by atoms with Crippen LogP contribution in [-0.4, -0.2) is 15.7 Å². The molecule has 0 amide bonds. The molecule has 0 aliphatic carbocycles. The van der Waals surface area contributed by atoms with Gasteiger partial charge in [0.15, 0.2) is 0 Å². The molecule has 2 rings (SSSR count). The second kappa shape index (κ2) is 6.19. The van der Waals surface area contributed by atoms with Crippen LogP contribution in [0, 0.1) is 10.1 Å². The van der Waals surface area contributed by atoms with Gasteiger partial charge in [-0.05, 0) is 24.1 Å².